The summed E-state index contributed by atoms with van der Waals surface area (Å²) in [6.07, 6.45) is 3.25. The Hall–Kier alpha value is -1.36. The molecule has 1 aromatic heterocycles. The van der Waals surface area contributed by atoms with Crippen LogP contribution in [0.3, 0.4) is 0 Å². The van der Waals surface area contributed by atoms with Crippen LogP contribution in [-0.2, 0) is 0 Å². The molecule has 0 spiro atoms. The van der Waals surface area contributed by atoms with Gasteiger partial charge < -0.3 is 14.8 Å². The van der Waals surface area contributed by atoms with E-state index in [0.717, 1.165) is 13.1 Å². The van der Waals surface area contributed by atoms with Crippen molar-refractivity contribution in [2.45, 2.75) is 26.9 Å². The molecule has 0 radical (unpaired) electrons. The van der Waals surface area contributed by atoms with E-state index in [1.807, 2.05) is 13.8 Å². The first-order valence-electron chi connectivity index (χ1n) is 5.54. The Bertz CT molecular complexity index is 305. The highest BCUT2D eigenvalue weighted by Crippen LogP contribution is 2.12. The van der Waals surface area contributed by atoms with Gasteiger partial charge in [-0.2, -0.15) is 4.98 Å². The van der Waals surface area contributed by atoms with Crippen molar-refractivity contribution in [1.29, 1.82) is 0 Å². The Morgan fingerprint density at radius 2 is 2.06 bits per heavy atom. The first-order chi connectivity index (χ1) is 7.72. The van der Waals surface area contributed by atoms with E-state index < -0.39 is 0 Å². The van der Waals surface area contributed by atoms with Gasteiger partial charge in [0.1, 0.15) is 6.61 Å². The number of ether oxygens (including phenoxy) is 2. The predicted octanol–water partition coefficient (Wildman–Crippen LogP) is 1.25. The lowest BCUT2D eigenvalue weighted by atomic mass is 10.5. The molecular weight excluding hydrogens is 206 g/mol. The van der Waals surface area contributed by atoms with Gasteiger partial charge in [-0.25, -0.2) is 0 Å². The van der Waals surface area contributed by atoms with Crippen LogP contribution < -0.4 is 14.8 Å². The lowest BCUT2D eigenvalue weighted by molar-refractivity contribution is 0.224. The van der Waals surface area contributed by atoms with Gasteiger partial charge in [-0.15, -0.1) is 0 Å². The lowest BCUT2D eigenvalue weighted by Gasteiger charge is -2.09. The highest BCUT2D eigenvalue weighted by Gasteiger charge is 2.02. The lowest BCUT2D eigenvalue weighted by Crippen LogP contribution is -2.20. The summed E-state index contributed by atoms with van der Waals surface area (Å²) in [4.78, 5) is 8.18. The van der Waals surface area contributed by atoms with Gasteiger partial charge in [0.2, 0.25) is 11.8 Å². The minimum absolute atomic E-state index is 0.0892. The molecule has 1 aromatic rings. The van der Waals surface area contributed by atoms with Gasteiger partial charge >= 0.3 is 0 Å². The van der Waals surface area contributed by atoms with E-state index in [1.54, 1.807) is 12.4 Å². The van der Waals surface area contributed by atoms with Crippen molar-refractivity contribution < 1.29 is 9.47 Å². The topological polar surface area (TPSA) is 56.3 Å². The van der Waals surface area contributed by atoms with Crippen LogP contribution in [0.5, 0.6) is 11.8 Å². The monoisotopic (exact) mass is 225 g/mol. The number of rotatable bonds is 7. The van der Waals surface area contributed by atoms with Crippen LogP contribution in [0.15, 0.2) is 12.4 Å². The van der Waals surface area contributed by atoms with Crippen LogP contribution in [-0.4, -0.2) is 35.8 Å². The summed E-state index contributed by atoms with van der Waals surface area (Å²) in [6, 6.07) is 0. The summed E-state index contributed by atoms with van der Waals surface area (Å²) in [5.41, 5.74) is 0. The minimum atomic E-state index is 0.0892. The Labute approximate surface area is 96.2 Å². The van der Waals surface area contributed by atoms with Gasteiger partial charge in [-0.3, -0.25) is 4.98 Å². The molecule has 0 bridgehead atoms. The van der Waals surface area contributed by atoms with Crippen LogP contribution in [0.2, 0.25) is 0 Å². The Balaban J connectivity index is 2.41. The second kappa shape index (κ2) is 7.00. The van der Waals surface area contributed by atoms with Crippen molar-refractivity contribution in [3.63, 3.8) is 0 Å². The van der Waals surface area contributed by atoms with Crippen LogP contribution in [0.4, 0.5) is 0 Å². The van der Waals surface area contributed by atoms with Gasteiger partial charge in [-0.05, 0) is 20.4 Å². The highest BCUT2D eigenvalue weighted by molar-refractivity contribution is 5.12. The van der Waals surface area contributed by atoms with Crippen molar-refractivity contribution >= 4 is 0 Å². The maximum absolute atomic E-state index is 5.41. The standard InChI is InChI=1S/C11H19N3O2/c1-4-12-5-6-15-10-7-13-8-11(14-10)16-9(2)3/h7-9,12H,4-6H2,1-3H3. The number of likely N-dealkylation sites (N-methyl/N-ethyl adjacent to an activating group) is 1. The van der Waals surface area contributed by atoms with Gasteiger partial charge in [0.05, 0.1) is 18.5 Å². The predicted molar refractivity (Wildman–Crippen MR) is 61.8 cm³/mol. The van der Waals surface area contributed by atoms with Crippen molar-refractivity contribution in [2.24, 2.45) is 0 Å². The molecule has 1 rings (SSSR count). The molecule has 1 N–H and O–H groups in total. The molecular formula is C11H19N3O2. The molecule has 0 saturated carbocycles. The molecule has 5 heteroatoms. The van der Waals surface area contributed by atoms with E-state index in [2.05, 4.69) is 22.2 Å². The van der Waals surface area contributed by atoms with E-state index in [-0.39, 0.29) is 6.10 Å². The van der Waals surface area contributed by atoms with E-state index in [1.165, 1.54) is 0 Å². The summed E-state index contributed by atoms with van der Waals surface area (Å²) in [5.74, 6) is 0.993. The second-order valence-corrected chi connectivity index (χ2v) is 3.56. The first-order valence-corrected chi connectivity index (χ1v) is 5.54. The first kappa shape index (κ1) is 12.7. The third-order valence-corrected chi connectivity index (χ3v) is 1.73. The largest absolute Gasteiger partial charge is 0.475 e. The van der Waals surface area contributed by atoms with Crippen LogP contribution in [0, 0.1) is 0 Å². The average Bonchev–Trinajstić information content (AvgIpc) is 2.24. The normalized spacial score (nSPS) is 10.5. The molecule has 0 atom stereocenters. The van der Waals surface area contributed by atoms with Crippen LogP contribution >= 0.6 is 0 Å². The zero-order valence-electron chi connectivity index (χ0n) is 10.1. The van der Waals surface area contributed by atoms with Gasteiger partial charge in [0.25, 0.3) is 0 Å². The Kier molecular flexibility index (Phi) is 5.56. The maximum atomic E-state index is 5.41. The fourth-order valence-electron chi connectivity index (χ4n) is 1.10. The molecule has 90 valence electrons. The molecule has 1 heterocycles. The van der Waals surface area contributed by atoms with E-state index in [0.29, 0.717) is 18.4 Å². The SMILES string of the molecule is CCNCCOc1cncc(OC(C)C)n1. The van der Waals surface area contributed by atoms with E-state index in [9.17, 15) is 0 Å². The third-order valence-electron chi connectivity index (χ3n) is 1.73. The maximum Gasteiger partial charge on any atom is 0.235 e. The average molecular weight is 225 g/mol. The molecule has 0 amide bonds. The molecule has 0 saturated heterocycles. The molecule has 0 aliphatic carbocycles. The van der Waals surface area contributed by atoms with E-state index >= 15 is 0 Å². The van der Waals surface area contributed by atoms with Crippen molar-refractivity contribution in [3.05, 3.63) is 12.4 Å². The zero-order chi connectivity index (χ0) is 11.8. The molecule has 0 aliphatic heterocycles. The Morgan fingerprint density at radius 3 is 2.75 bits per heavy atom. The summed E-state index contributed by atoms with van der Waals surface area (Å²) >= 11 is 0. The van der Waals surface area contributed by atoms with Crippen molar-refractivity contribution in [3.8, 4) is 11.8 Å². The quantitative estimate of drug-likeness (QED) is 0.708. The summed E-state index contributed by atoms with van der Waals surface area (Å²) < 4.78 is 10.8. The molecule has 0 unspecified atom stereocenters. The third kappa shape index (κ3) is 4.93. The second-order valence-electron chi connectivity index (χ2n) is 3.56. The molecule has 16 heavy (non-hydrogen) atoms. The fraction of sp³-hybridized carbons (Fsp3) is 0.636. The summed E-state index contributed by atoms with van der Waals surface area (Å²) in [7, 11) is 0. The summed E-state index contributed by atoms with van der Waals surface area (Å²) in [6.45, 7) is 8.25. The van der Waals surface area contributed by atoms with Crippen LogP contribution in [0.25, 0.3) is 0 Å². The number of hydrogen-bond acceptors (Lipinski definition) is 5. The number of hydrogen-bond donors (Lipinski definition) is 1. The van der Waals surface area contributed by atoms with Gasteiger partial charge in [0.15, 0.2) is 0 Å². The van der Waals surface area contributed by atoms with Crippen molar-refractivity contribution in [2.75, 3.05) is 19.7 Å². The summed E-state index contributed by atoms with van der Waals surface area (Å²) in [5, 5.41) is 3.16. The number of aromatic nitrogens is 2. The smallest absolute Gasteiger partial charge is 0.235 e. The van der Waals surface area contributed by atoms with Crippen LogP contribution in [0.1, 0.15) is 20.8 Å². The van der Waals surface area contributed by atoms with Gasteiger partial charge in [0, 0.05) is 6.54 Å². The number of nitrogens with zero attached hydrogens (tertiary/aromatic N) is 2. The molecule has 5 nitrogen and oxygen atoms in total. The zero-order valence-corrected chi connectivity index (χ0v) is 10.1. The van der Waals surface area contributed by atoms with Crippen molar-refractivity contribution in [1.82, 2.24) is 15.3 Å². The fourth-order valence-corrected chi connectivity index (χ4v) is 1.10. The highest BCUT2D eigenvalue weighted by atomic mass is 16.5. The van der Waals surface area contributed by atoms with E-state index in [4.69, 9.17) is 9.47 Å². The molecule has 0 aliphatic rings. The van der Waals surface area contributed by atoms with Gasteiger partial charge in [-0.1, -0.05) is 6.92 Å². The molecule has 0 fully saturated rings. The minimum Gasteiger partial charge on any atom is -0.475 e. The Morgan fingerprint density at radius 1 is 1.31 bits per heavy atom. The molecule has 0 aromatic carbocycles. The number of nitrogens with one attached hydrogen (secondary N) is 1.